The Morgan fingerprint density at radius 2 is 1.80 bits per heavy atom. The van der Waals surface area contributed by atoms with E-state index in [1.807, 2.05) is 54.6 Å². The number of likely N-dealkylation sites (tertiary alicyclic amines) is 1. The van der Waals surface area contributed by atoms with Crippen molar-refractivity contribution >= 4 is 51.9 Å². The van der Waals surface area contributed by atoms with Gasteiger partial charge in [-0.2, -0.15) is 5.26 Å². The second-order valence-corrected chi connectivity index (χ2v) is 12.6. The molecule has 5 rings (SSSR count). The molecule has 0 radical (unpaired) electrons. The topological polar surface area (TPSA) is 88.8 Å². The number of rotatable bonds is 7. The number of allylic oxidation sites excluding steroid dienone is 1. The summed E-state index contributed by atoms with van der Waals surface area (Å²) >= 11 is 13.9. The molecule has 0 unspecified atom stereocenters. The molecule has 7 nitrogen and oxygen atoms in total. The van der Waals surface area contributed by atoms with Gasteiger partial charge < -0.3 is 15.1 Å². The summed E-state index contributed by atoms with van der Waals surface area (Å²) in [6.07, 6.45) is 1.59. The highest BCUT2D eigenvalue weighted by Gasteiger charge is 2.53. The minimum Gasteiger partial charge on any atom is -0.353 e. The van der Waals surface area contributed by atoms with E-state index in [1.165, 1.54) is 11.8 Å². The number of hydrogen-bond donors (Lipinski definition) is 1. The number of hydrogen-bond acceptors (Lipinski definition) is 6. The van der Waals surface area contributed by atoms with E-state index in [0.717, 1.165) is 28.4 Å². The van der Waals surface area contributed by atoms with Gasteiger partial charge >= 0.3 is 0 Å². The average molecular weight is 597 g/mol. The van der Waals surface area contributed by atoms with Crippen LogP contribution in [0.3, 0.4) is 0 Å². The summed E-state index contributed by atoms with van der Waals surface area (Å²) in [4.78, 5) is 36.8. The first-order valence-electron chi connectivity index (χ1n) is 13.4. The Kier molecular flexibility index (Phi) is 8.19. The van der Waals surface area contributed by atoms with Gasteiger partial charge in [0, 0.05) is 28.8 Å². The van der Waals surface area contributed by atoms with Crippen molar-refractivity contribution in [2.24, 2.45) is 10.9 Å². The predicted molar refractivity (Wildman–Crippen MR) is 160 cm³/mol. The molecule has 0 aliphatic carbocycles. The van der Waals surface area contributed by atoms with E-state index < -0.39 is 11.6 Å². The Bertz CT molecular complexity index is 1420. The minimum absolute atomic E-state index is 0.0204. The third kappa shape index (κ3) is 5.11. The number of amidine groups is 1. The molecule has 0 saturated carbocycles. The van der Waals surface area contributed by atoms with E-state index in [4.69, 9.17) is 33.5 Å². The molecule has 2 aromatic rings. The van der Waals surface area contributed by atoms with E-state index in [1.54, 1.807) is 4.90 Å². The molecule has 2 amide bonds. The summed E-state index contributed by atoms with van der Waals surface area (Å²) in [5.41, 5.74) is 2.31. The van der Waals surface area contributed by atoms with Gasteiger partial charge in [0.1, 0.15) is 16.5 Å². The fourth-order valence-corrected chi connectivity index (χ4v) is 7.45. The second-order valence-electron chi connectivity index (χ2n) is 10.7. The van der Waals surface area contributed by atoms with Crippen LogP contribution in [0.25, 0.3) is 0 Å². The first-order valence-corrected chi connectivity index (χ1v) is 15.0. The highest BCUT2D eigenvalue weighted by molar-refractivity contribution is 8.18. The number of carbonyl (C=O) groups excluding carboxylic acids is 2. The van der Waals surface area contributed by atoms with Crippen LogP contribution < -0.4 is 5.32 Å². The second kappa shape index (κ2) is 11.5. The summed E-state index contributed by atoms with van der Waals surface area (Å²) in [6.45, 7) is 7.07. The number of amides is 2. The highest BCUT2D eigenvalue weighted by Crippen LogP contribution is 2.56. The first-order chi connectivity index (χ1) is 19.2. The lowest BCUT2D eigenvalue weighted by Crippen LogP contribution is -2.46. The van der Waals surface area contributed by atoms with Crippen LogP contribution in [0, 0.1) is 17.2 Å². The van der Waals surface area contributed by atoms with Crippen LogP contribution >= 0.6 is 35.0 Å². The zero-order valence-electron chi connectivity index (χ0n) is 22.7. The van der Waals surface area contributed by atoms with Crippen LogP contribution in [0.2, 0.25) is 10.0 Å². The molecule has 40 heavy (non-hydrogen) atoms. The number of nitrogens with one attached hydrogen (secondary N) is 1. The summed E-state index contributed by atoms with van der Waals surface area (Å²) < 4.78 is 0. The maximum absolute atomic E-state index is 14.1. The summed E-state index contributed by atoms with van der Waals surface area (Å²) in [7, 11) is 0. The zero-order valence-corrected chi connectivity index (χ0v) is 25.0. The standard InChI is InChI=1S/C30H31Cl2N5O2S/c1-18(2)24-25(28(39)36-17-4-6-23(36)27(38)34-16-5-15-33)40-29-35-30(3,20-9-13-22(32)14-10-20)26(37(24)29)19-7-11-21(31)12-8-19/h7-14,18,23,26H,4-6,16-17H2,1-3H3,(H,34,38)/t23-,26+,30-/m0/s1. The molecule has 208 valence electrons. The summed E-state index contributed by atoms with van der Waals surface area (Å²) in [5.74, 6) is -0.332. The molecular weight excluding hydrogens is 565 g/mol. The lowest BCUT2D eigenvalue weighted by molar-refractivity contribution is -0.135. The van der Waals surface area contributed by atoms with Gasteiger partial charge in [-0.25, -0.2) is 4.99 Å². The Morgan fingerprint density at radius 1 is 1.15 bits per heavy atom. The van der Waals surface area contributed by atoms with E-state index in [9.17, 15) is 9.59 Å². The Hall–Kier alpha value is -2.99. The zero-order chi connectivity index (χ0) is 28.6. The van der Waals surface area contributed by atoms with Gasteiger partial charge in [0.05, 0.1) is 18.5 Å². The molecule has 2 aromatic carbocycles. The van der Waals surface area contributed by atoms with Crippen molar-refractivity contribution in [2.45, 2.75) is 57.7 Å². The van der Waals surface area contributed by atoms with Crippen LogP contribution in [0.4, 0.5) is 0 Å². The van der Waals surface area contributed by atoms with Gasteiger partial charge in [0.15, 0.2) is 5.17 Å². The molecule has 10 heteroatoms. The number of nitrogens with zero attached hydrogens (tertiary/aromatic N) is 4. The molecule has 1 N–H and O–H groups in total. The summed E-state index contributed by atoms with van der Waals surface area (Å²) in [6, 6.07) is 16.8. The van der Waals surface area contributed by atoms with Gasteiger partial charge in [-0.3, -0.25) is 9.59 Å². The van der Waals surface area contributed by atoms with Crippen molar-refractivity contribution in [3.63, 3.8) is 0 Å². The quantitative estimate of drug-likeness (QED) is 0.382. The van der Waals surface area contributed by atoms with Gasteiger partial charge in [-0.05, 0) is 72.8 Å². The number of benzene rings is 2. The van der Waals surface area contributed by atoms with Crippen molar-refractivity contribution < 1.29 is 9.59 Å². The van der Waals surface area contributed by atoms with E-state index in [-0.39, 0.29) is 36.7 Å². The van der Waals surface area contributed by atoms with Crippen LogP contribution in [0.1, 0.15) is 57.2 Å². The van der Waals surface area contributed by atoms with Crippen molar-refractivity contribution in [1.82, 2.24) is 15.1 Å². The smallest absolute Gasteiger partial charge is 0.263 e. The lowest BCUT2D eigenvalue weighted by Gasteiger charge is -2.37. The van der Waals surface area contributed by atoms with Crippen LogP contribution in [-0.2, 0) is 15.1 Å². The predicted octanol–water partition coefficient (Wildman–Crippen LogP) is 6.26. The van der Waals surface area contributed by atoms with Gasteiger partial charge in [0.25, 0.3) is 5.91 Å². The molecule has 1 fully saturated rings. The third-order valence-electron chi connectivity index (χ3n) is 7.72. The SMILES string of the molecule is CC(C)C1=C(C(=O)N2CCC[C@H]2C(=O)NCCC#N)SC2=N[C@@](C)(c3ccc(Cl)cc3)[C@@H](c3ccc(Cl)cc3)N21. The molecule has 0 bridgehead atoms. The molecule has 0 aromatic heterocycles. The average Bonchev–Trinajstić information content (AvgIpc) is 3.62. The fraction of sp³-hybridized carbons (Fsp3) is 0.400. The van der Waals surface area contributed by atoms with Crippen molar-refractivity contribution in [3.05, 3.63) is 80.3 Å². The van der Waals surface area contributed by atoms with Crippen molar-refractivity contribution in [3.8, 4) is 6.07 Å². The number of thioether (sulfide) groups is 1. The van der Waals surface area contributed by atoms with Crippen LogP contribution in [-0.4, -0.2) is 45.9 Å². The normalized spacial score (nSPS) is 23.9. The molecule has 3 aliphatic heterocycles. The van der Waals surface area contributed by atoms with E-state index >= 15 is 0 Å². The lowest BCUT2D eigenvalue weighted by atomic mass is 9.81. The van der Waals surface area contributed by atoms with Crippen molar-refractivity contribution in [2.75, 3.05) is 13.1 Å². The Balaban J connectivity index is 1.54. The van der Waals surface area contributed by atoms with Gasteiger partial charge in [-0.1, -0.05) is 61.3 Å². The van der Waals surface area contributed by atoms with E-state index in [2.05, 4.69) is 31.0 Å². The van der Waals surface area contributed by atoms with Gasteiger partial charge in [0.2, 0.25) is 5.91 Å². The minimum atomic E-state index is -0.647. The summed E-state index contributed by atoms with van der Waals surface area (Å²) in [5, 5.41) is 13.7. The van der Waals surface area contributed by atoms with Crippen LogP contribution in [0.5, 0.6) is 0 Å². The highest BCUT2D eigenvalue weighted by atomic mass is 35.5. The number of nitriles is 1. The number of halogens is 2. The number of carbonyl (C=O) groups is 2. The van der Waals surface area contributed by atoms with Gasteiger partial charge in [-0.15, -0.1) is 0 Å². The molecule has 1 saturated heterocycles. The Morgan fingerprint density at radius 3 is 2.42 bits per heavy atom. The fourth-order valence-electron chi connectivity index (χ4n) is 5.84. The Labute approximate surface area is 249 Å². The maximum atomic E-state index is 14.1. The molecule has 3 heterocycles. The largest absolute Gasteiger partial charge is 0.353 e. The maximum Gasteiger partial charge on any atom is 0.263 e. The number of aliphatic imine (C=N–C) groups is 1. The molecular formula is C30H31Cl2N5O2S. The molecule has 3 atom stereocenters. The number of fused-ring (bicyclic) bond motifs is 1. The monoisotopic (exact) mass is 595 g/mol. The molecule has 3 aliphatic rings. The van der Waals surface area contributed by atoms with Crippen molar-refractivity contribution in [1.29, 1.82) is 5.26 Å². The molecule has 0 spiro atoms. The third-order valence-corrected chi connectivity index (χ3v) is 9.28. The first kappa shape index (κ1) is 28.5. The van der Waals surface area contributed by atoms with E-state index in [0.29, 0.717) is 27.9 Å². The van der Waals surface area contributed by atoms with Crippen LogP contribution in [0.15, 0.2) is 64.1 Å².